The first-order chi connectivity index (χ1) is 36.9. The minimum atomic E-state index is -0.691. The molecule has 0 fully saturated rings. The lowest BCUT2D eigenvalue weighted by Gasteiger charge is -2.25. The molecule has 0 spiro atoms. The topological polar surface area (TPSA) is 0 Å². The van der Waals surface area contributed by atoms with Gasteiger partial charge >= 0.3 is 0 Å². The Bertz CT molecular complexity index is 4980. The Labute approximate surface area is 441 Å². The fourth-order valence-corrected chi connectivity index (χ4v) is 14.5. The van der Waals surface area contributed by atoms with Gasteiger partial charge in [-0.25, -0.2) is 17.6 Å². The molecule has 16 aromatic carbocycles. The summed E-state index contributed by atoms with van der Waals surface area (Å²) in [5, 5.41) is 27.7. The Morgan fingerprint density at radius 2 is 0.636 bits per heavy atom. The van der Waals surface area contributed by atoms with Gasteiger partial charge in [0.1, 0.15) is 23.3 Å². The van der Waals surface area contributed by atoms with Crippen LogP contribution in [0.5, 0.6) is 0 Å². The van der Waals surface area contributed by atoms with E-state index in [0.717, 1.165) is 104 Å². The highest BCUT2D eigenvalue weighted by Crippen LogP contribution is 2.57. The van der Waals surface area contributed by atoms with Crippen molar-refractivity contribution < 1.29 is 17.6 Å². The molecule has 0 unspecified atom stereocenters. The monoisotopic (exact) mass is 1000 g/mol. The van der Waals surface area contributed by atoms with E-state index in [-0.39, 0.29) is 10.8 Å². The SMILES string of the molecule is CC(C)c1ccc2c3ccc4c5cc6c(-c7cc(F)cc(F)c7)c7c8ccc9c%10cc(C(C)(C)C)cc%11cc(C(C)(C)C)cc(c%12ccc(c7c(-c7cc(F)cc(F)c7)c6cc5c5ccc(c6cccc1c62)c3c54)c8c%129)c%11%10. The second-order valence-electron chi connectivity index (χ2n) is 24.6. The van der Waals surface area contributed by atoms with Crippen LogP contribution in [0.2, 0.25) is 0 Å². The van der Waals surface area contributed by atoms with Crippen molar-refractivity contribution in [3.8, 4) is 22.3 Å². The van der Waals surface area contributed by atoms with Crippen LogP contribution in [0.4, 0.5) is 17.6 Å². The van der Waals surface area contributed by atoms with Gasteiger partial charge in [0.05, 0.1) is 0 Å². The zero-order valence-electron chi connectivity index (χ0n) is 44.0. The van der Waals surface area contributed by atoms with Gasteiger partial charge in [-0.1, -0.05) is 146 Å². The van der Waals surface area contributed by atoms with Gasteiger partial charge in [-0.3, -0.25) is 0 Å². The third-order valence-corrected chi connectivity index (χ3v) is 17.8. The van der Waals surface area contributed by atoms with Gasteiger partial charge in [-0.05, 0) is 244 Å². The number of halogens is 4. The molecule has 77 heavy (non-hydrogen) atoms. The molecule has 0 radical (unpaired) electrons. The maximum absolute atomic E-state index is 16.0. The first kappa shape index (κ1) is 44.9. The zero-order valence-corrected chi connectivity index (χ0v) is 44.0. The second-order valence-corrected chi connectivity index (χ2v) is 24.6. The highest BCUT2D eigenvalue weighted by Gasteiger charge is 2.30. The van der Waals surface area contributed by atoms with Gasteiger partial charge < -0.3 is 0 Å². The Morgan fingerprint density at radius 3 is 1.06 bits per heavy atom. The maximum Gasteiger partial charge on any atom is 0.126 e. The second kappa shape index (κ2) is 14.8. The first-order valence-corrected chi connectivity index (χ1v) is 26.9. The molecule has 0 saturated heterocycles. The molecular formula is C73H50F4. The van der Waals surface area contributed by atoms with Gasteiger partial charge in [0.25, 0.3) is 0 Å². The first-order valence-electron chi connectivity index (χ1n) is 26.9. The summed E-state index contributed by atoms with van der Waals surface area (Å²) in [6, 6.07) is 50.4. The summed E-state index contributed by atoms with van der Waals surface area (Å²) in [6.45, 7) is 18.0. The van der Waals surface area contributed by atoms with Crippen molar-refractivity contribution in [1.29, 1.82) is 0 Å². The van der Waals surface area contributed by atoms with Crippen molar-refractivity contribution in [3.05, 3.63) is 192 Å². The average Bonchev–Trinajstić information content (AvgIpc) is 3.88. The van der Waals surface area contributed by atoms with Crippen LogP contribution in [-0.4, -0.2) is 0 Å². The smallest absolute Gasteiger partial charge is 0.126 e. The number of benzene rings is 14. The highest BCUT2D eigenvalue weighted by molar-refractivity contribution is 6.48. The van der Waals surface area contributed by atoms with Crippen LogP contribution in [0.1, 0.15) is 78.0 Å². The molecule has 0 amide bonds. The number of rotatable bonds is 3. The Morgan fingerprint density at radius 1 is 0.286 bits per heavy atom. The van der Waals surface area contributed by atoms with E-state index in [4.69, 9.17) is 0 Å². The van der Waals surface area contributed by atoms with Gasteiger partial charge in [-0.2, -0.15) is 0 Å². The van der Waals surface area contributed by atoms with Crippen molar-refractivity contribution in [2.24, 2.45) is 0 Å². The molecule has 0 bridgehead atoms. The molecule has 0 saturated carbocycles. The van der Waals surface area contributed by atoms with Crippen LogP contribution >= 0.6 is 0 Å². The minimum absolute atomic E-state index is 0.136. The van der Waals surface area contributed by atoms with Crippen molar-refractivity contribution >= 4 is 140 Å². The summed E-state index contributed by atoms with van der Waals surface area (Å²) in [4.78, 5) is 0. The Balaban J connectivity index is 1.13. The van der Waals surface area contributed by atoms with Crippen molar-refractivity contribution in [3.63, 3.8) is 0 Å². The molecule has 4 heteroatoms. The van der Waals surface area contributed by atoms with Crippen LogP contribution in [0, 0.1) is 23.3 Å². The summed E-state index contributed by atoms with van der Waals surface area (Å²) < 4.78 is 64.1. The minimum Gasteiger partial charge on any atom is -0.207 e. The van der Waals surface area contributed by atoms with Gasteiger partial charge in [-0.15, -0.1) is 0 Å². The van der Waals surface area contributed by atoms with E-state index in [1.165, 1.54) is 89.4 Å². The number of hydrogen-bond donors (Lipinski definition) is 0. The molecule has 0 heterocycles. The molecule has 0 aliphatic heterocycles. The van der Waals surface area contributed by atoms with Gasteiger partial charge in [0.2, 0.25) is 0 Å². The summed E-state index contributed by atoms with van der Waals surface area (Å²) in [6.07, 6.45) is 0. The van der Waals surface area contributed by atoms with E-state index in [1.807, 2.05) is 0 Å². The van der Waals surface area contributed by atoms with E-state index in [0.29, 0.717) is 28.2 Å². The summed E-state index contributed by atoms with van der Waals surface area (Å²) in [5.41, 5.74) is 5.63. The lowest BCUT2D eigenvalue weighted by Crippen LogP contribution is -2.12. The standard InChI is InChI=1S/C73H50F4/c1-34(2)44-12-13-47-49-15-17-51-57-33-61-60(32-56(57)50-16-14-48(66(49)67(50)51)46-11-9-10-45(44)65(46)47)63(36-24-40(74)30-41(75)25-36)70-54-20-18-52-58-28-38(72(3,4)5)22-35-23-39(73(6,7)8)29-59(62(35)58)53-19-21-55(69(54)68(52)53)71(70)64(61)37-26-42(76)31-43(77)27-37/h9-34H,1-8H3. The largest absolute Gasteiger partial charge is 0.207 e. The van der Waals surface area contributed by atoms with Crippen LogP contribution in [0.15, 0.2) is 152 Å². The maximum atomic E-state index is 16.0. The molecule has 370 valence electrons. The molecule has 16 rings (SSSR count). The van der Waals surface area contributed by atoms with Crippen LogP contribution < -0.4 is 0 Å². The summed E-state index contributed by atoms with van der Waals surface area (Å²) in [7, 11) is 0. The number of fused-ring (bicyclic) bond motifs is 11. The molecule has 0 atom stereocenters. The Hall–Kier alpha value is -8.34. The molecule has 0 N–H and O–H groups in total. The van der Waals surface area contributed by atoms with Crippen molar-refractivity contribution in [2.45, 2.75) is 72.1 Å². The molecule has 0 aliphatic carbocycles. The predicted octanol–water partition coefficient (Wildman–Crippen LogP) is 22.0. The molecule has 0 aliphatic rings. The normalized spacial score (nSPS) is 13.3. The summed E-state index contributed by atoms with van der Waals surface area (Å²) >= 11 is 0. The molecule has 16 aromatic rings. The van der Waals surface area contributed by atoms with Crippen LogP contribution in [0.25, 0.3) is 162 Å². The highest BCUT2D eigenvalue weighted by atomic mass is 19.1. The van der Waals surface area contributed by atoms with Crippen LogP contribution in [-0.2, 0) is 10.8 Å². The van der Waals surface area contributed by atoms with Gasteiger partial charge in [0.15, 0.2) is 0 Å². The lowest BCUT2D eigenvalue weighted by molar-refractivity contribution is 0.583. The van der Waals surface area contributed by atoms with Crippen molar-refractivity contribution in [2.75, 3.05) is 0 Å². The van der Waals surface area contributed by atoms with E-state index in [1.54, 1.807) is 0 Å². The average molecular weight is 1000 g/mol. The quantitative estimate of drug-likeness (QED) is 0.0940. The van der Waals surface area contributed by atoms with E-state index in [2.05, 4.69) is 171 Å². The van der Waals surface area contributed by atoms with Crippen molar-refractivity contribution in [1.82, 2.24) is 0 Å². The molecular weight excluding hydrogens is 953 g/mol. The number of hydrogen-bond acceptors (Lipinski definition) is 0. The fourth-order valence-electron chi connectivity index (χ4n) is 14.5. The fraction of sp³-hybridized carbons (Fsp3) is 0.151. The molecule has 0 nitrogen and oxygen atoms in total. The molecule has 0 aromatic heterocycles. The third-order valence-electron chi connectivity index (χ3n) is 17.8. The summed E-state index contributed by atoms with van der Waals surface area (Å²) in [5.74, 6) is -2.40. The van der Waals surface area contributed by atoms with Gasteiger partial charge in [0, 0.05) is 12.1 Å². The lowest BCUT2D eigenvalue weighted by atomic mass is 9.79. The van der Waals surface area contributed by atoms with Crippen LogP contribution in [0.3, 0.4) is 0 Å². The zero-order chi connectivity index (χ0) is 52.6. The van der Waals surface area contributed by atoms with E-state index in [9.17, 15) is 0 Å². The van der Waals surface area contributed by atoms with E-state index < -0.39 is 23.3 Å². The third kappa shape index (κ3) is 5.88. The predicted molar refractivity (Wildman–Crippen MR) is 321 cm³/mol. The van der Waals surface area contributed by atoms with E-state index >= 15 is 17.6 Å². The Kier molecular flexibility index (Phi) is 8.62.